The fourth-order valence-electron chi connectivity index (χ4n) is 4.77. The molecule has 0 saturated heterocycles. The molecule has 5 heteroatoms. The van der Waals surface area contributed by atoms with Gasteiger partial charge in [0.2, 0.25) is 0 Å². The average Bonchev–Trinajstić information content (AvgIpc) is 3.28. The highest BCUT2D eigenvalue weighted by Gasteiger charge is 2.22. The lowest BCUT2D eigenvalue weighted by molar-refractivity contribution is 0.131. The third-order valence-electron chi connectivity index (χ3n) is 6.40. The van der Waals surface area contributed by atoms with Gasteiger partial charge in [0, 0.05) is 22.2 Å². The number of rotatable bonds is 6. The van der Waals surface area contributed by atoms with Gasteiger partial charge in [0.25, 0.3) is 0 Å². The van der Waals surface area contributed by atoms with Crippen LogP contribution in [0.25, 0.3) is 33.3 Å². The standard InChI is InChI=1S/C29H28BrN3O/c1-19-14-15-26-25(16-19)27(22-10-6-4-7-11-22)29(23-12-8-5-9-13-23)32(26)17-24(34)18-33-21(3)28(30)20(2)31-33/h4-16,24,34H,17-18H2,1-3H3/t24-/m0/s1. The van der Waals surface area contributed by atoms with Crippen molar-refractivity contribution in [1.29, 1.82) is 0 Å². The lowest BCUT2D eigenvalue weighted by Crippen LogP contribution is -2.23. The van der Waals surface area contributed by atoms with E-state index in [2.05, 4.69) is 99.2 Å². The zero-order valence-electron chi connectivity index (χ0n) is 19.7. The highest BCUT2D eigenvalue weighted by Crippen LogP contribution is 2.41. The molecule has 5 rings (SSSR count). The molecule has 0 saturated carbocycles. The maximum absolute atomic E-state index is 11.2. The van der Waals surface area contributed by atoms with E-state index in [-0.39, 0.29) is 0 Å². The molecule has 172 valence electrons. The minimum absolute atomic E-state index is 0.429. The number of aliphatic hydroxyl groups excluding tert-OH is 1. The first kappa shape index (κ1) is 22.6. The van der Waals surface area contributed by atoms with Gasteiger partial charge < -0.3 is 9.67 Å². The van der Waals surface area contributed by atoms with E-state index in [1.54, 1.807) is 0 Å². The number of aryl methyl sites for hydroxylation is 2. The maximum atomic E-state index is 11.2. The van der Waals surface area contributed by atoms with Crippen molar-refractivity contribution < 1.29 is 5.11 Å². The number of hydrogen-bond acceptors (Lipinski definition) is 2. The van der Waals surface area contributed by atoms with Crippen LogP contribution >= 0.6 is 15.9 Å². The molecule has 0 aliphatic carbocycles. The van der Waals surface area contributed by atoms with Crippen LogP contribution in [0.15, 0.2) is 83.3 Å². The molecule has 0 fully saturated rings. The summed E-state index contributed by atoms with van der Waals surface area (Å²) in [6.45, 7) is 7.02. The van der Waals surface area contributed by atoms with E-state index in [1.807, 2.05) is 30.7 Å². The SMILES string of the molecule is Cc1ccc2c(c1)c(-c1ccccc1)c(-c1ccccc1)n2C[C@H](O)Cn1nc(C)c(Br)c1C. The number of halogens is 1. The molecule has 0 unspecified atom stereocenters. The first-order valence-electron chi connectivity index (χ1n) is 11.5. The Labute approximate surface area is 208 Å². The molecule has 0 bridgehead atoms. The van der Waals surface area contributed by atoms with Crippen LogP contribution in [-0.4, -0.2) is 25.6 Å². The molecule has 2 heterocycles. The zero-order chi connectivity index (χ0) is 23.8. The highest BCUT2D eigenvalue weighted by atomic mass is 79.9. The molecule has 2 aromatic heterocycles. The molecular weight excluding hydrogens is 486 g/mol. The Morgan fingerprint density at radius 3 is 2.12 bits per heavy atom. The Morgan fingerprint density at radius 2 is 1.50 bits per heavy atom. The second kappa shape index (κ2) is 9.24. The topological polar surface area (TPSA) is 43.0 Å². The van der Waals surface area contributed by atoms with Gasteiger partial charge in [-0.15, -0.1) is 0 Å². The highest BCUT2D eigenvalue weighted by molar-refractivity contribution is 9.10. The summed E-state index contributed by atoms with van der Waals surface area (Å²) in [4.78, 5) is 0. The van der Waals surface area contributed by atoms with E-state index < -0.39 is 6.10 Å². The molecule has 1 N–H and O–H groups in total. The number of nitrogens with zero attached hydrogens (tertiary/aromatic N) is 3. The number of hydrogen-bond donors (Lipinski definition) is 1. The Balaban J connectivity index is 1.68. The molecule has 0 aliphatic heterocycles. The predicted octanol–water partition coefficient (Wildman–Crippen LogP) is 6.92. The van der Waals surface area contributed by atoms with Crippen molar-refractivity contribution in [3.63, 3.8) is 0 Å². The summed E-state index contributed by atoms with van der Waals surface area (Å²) in [5.41, 5.74) is 8.93. The van der Waals surface area contributed by atoms with E-state index in [9.17, 15) is 5.11 Å². The number of benzene rings is 3. The van der Waals surface area contributed by atoms with Crippen LogP contribution in [0, 0.1) is 20.8 Å². The zero-order valence-corrected chi connectivity index (χ0v) is 21.2. The van der Waals surface area contributed by atoms with Gasteiger partial charge in [-0.05, 0) is 60.0 Å². The Morgan fingerprint density at radius 1 is 0.853 bits per heavy atom. The van der Waals surface area contributed by atoms with Crippen LogP contribution in [-0.2, 0) is 13.1 Å². The van der Waals surface area contributed by atoms with E-state index in [0.29, 0.717) is 13.1 Å². The molecule has 0 radical (unpaired) electrons. The van der Waals surface area contributed by atoms with Crippen molar-refractivity contribution in [2.45, 2.75) is 40.0 Å². The Bertz CT molecular complexity index is 1450. The monoisotopic (exact) mass is 513 g/mol. The van der Waals surface area contributed by atoms with Crippen LogP contribution in [0.2, 0.25) is 0 Å². The molecule has 0 amide bonds. The fraction of sp³-hybridized carbons (Fsp3) is 0.207. The molecule has 0 spiro atoms. The van der Waals surface area contributed by atoms with E-state index >= 15 is 0 Å². The van der Waals surface area contributed by atoms with Gasteiger partial charge in [0.15, 0.2) is 0 Å². The predicted molar refractivity (Wildman–Crippen MR) is 143 cm³/mol. The molecule has 5 aromatic rings. The first-order valence-corrected chi connectivity index (χ1v) is 12.3. The smallest absolute Gasteiger partial charge is 0.0914 e. The maximum Gasteiger partial charge on any atom is 0.0914 e. The Kier molecular flexibility index (Phi) is 6.15. The summed E-state index contributed by atoms with van der Waals surface area (Å²) in [5.74, 6) is 0. The van der Waals surface area contributed by atoms with Crippen molar-refractivity contribution in [3.05, 3.63) is 100 Å². The quantitative estimate of drug-likeness (QED) is 0.267. The van der Waals surface area contributed by atoms with Crippen LogP contribution < -0.4 is 0 Å². The molecule has 34 heavy (non-hydrogen) atoms. The van der Waals surface area contributed by atoms with Gasteiger partial charge in [-0.1, -0.05) is 72.3 Å². The van der Waals surface area contributed by atoms with Crippen LogP contribution in [0.3, 0.4) is 0 Å². The Hall–Kier alpha value is -3.15. The molecule has 1 atom stereocenters. The van der Waals surface area contributed by atoms with Gasteiger partial charge in [-0.3, -0.25) is 4.68 Å². The average molecular weight is 514 g/mol. The van der Waals surface area contributed by atoms with Crippen LogP contribution in [0.4, 0.5) is 0 Å². The normalized spacial score (nSPS) is 12.4. The van der Waals surface area contributed by atoms with Crippen molar-refractivity contribution in [2.24, 2.45) is 0 Å². The van der Waals surface area contributed by atoms with Crippen molar-refractivity contribution in [1.82, 2.24) is 14.3 Å². The molecule has 4 nitrogen and oxygen atoms in total. The largest absolute Gasteiger partial charge is 0.389 e. The number of fused-ring (bicyclic) bond motifs is 1. The van der Waals surface area contributed by atoms with E-state index in [4.69, 9.17) is 0 Å². The van der Waals surface area contributed by atoms with Gasteiger partial charge >= 0.3 is 0 Å². The molecule has 0 aliphatic rings. The first-order chi connectivity index (χ1) is 16.4. The fourth-order valence-corrected chi connectivity index (χ4v) is 5.06. The van der Waals surface area contributed by atoms with Gasteiger partial charge in [0.05, 0.1) is 35.1 Å². The van der Waals surface area contributed by atoms with Gasteiger partial charge in [-0.2, -0.15) is 5.10 Å². The third-order valence-corrected chi connectivity index (χ3v) is 7.55. The van der Waals surface area contributed by atoms with E-state index in [1.165, 1.54) is 22.1 Å². The molecule has 3 aromatic carbocycles. The third kappa shape index (κ3) is 4.10. The summed E-state index contributed by atoms with van der Waals surface area (Å²) in [6.07, 6.45) is -0.604. The summed E-state index contributed by atoms with van der Waals surface area (Å²) in [6, 6.07) is 27.6. The van der Waals surface area contributed by atoms with Crippen molar-refractivity contribution in [2.75, 3.05) is 0 Å². The number of aliphatic hydroxyl groups is 1. The van der Waals surface area contributed by atoms with E-state index in [0.717, 1.165) is 32.6 Å². The molecular formula is C29H28BrN3O. The number of aromatic nitrogens is 3. The lowest BCUT2D eigenvalue weighted by Gasteiger charge is -2.18. The summed E-state index contributed by atoms with van der Waals surface area (Å²) < 4.78 is 5.16. The second-order valence-corrected chi connectivity index (χ2v) is 9.70. The second-order valence-electron chi connectivity index (χ2n) is 8.91. The summed E-state index contributed by atoms with van der Waals surface area (Å²) in [7, 11) is 0. The van der Waals surface area contributed by atoms with Crippen molar-refractivity contribution >= 4 is 26.8 Å². The van der Waals surface area contributed by atoms with Gasteiger partial charge in [0.1, 0.15) is 0 Å². The minimum atomic E-state index is -0.604. The van der Waals surface area contributed by atoms with Crippen molar-refractivity contribution in [3.8, 4) is 22.4 Å². The summed E-state index contributed by atoms with van der Waals surface area (Å²) >= 11 is 3.60. The summed E-state index contributed by atoms with van der Waals surface area (Å²) in [5, 5.41) is 17.0. The minimum Gasteiger partial charge on any atom is -0.389 e. The lowest BCUT2D eigenvalue weighted by atomic mass is 9.98. The van der Waals surface area contributed by atoms with Gasteiger partial charge in [-0.25, -0.2) is 0 Å². The van der Waals surface area contributed by atoms with Crippen LogP contribution in [0.1, 0.15) is 17.0 Å². The van der Waals surface area contributed by atoms with Crippen LogP contribution in [0.5, 0.6) is 0 Å².